The maximum Gasteiger partial charge on any atom is 0.276 e. The maximum absolute atomic E-state index is 12.6. The minimum Gasteiger partial charge on any atom is -0.493 e. The lowest BCUT2D eigenvalue weighted by molar-refractivity contribution is -0.123. The summed E-state index contributed by atoms with van der Waals surface area (Å²) < 4.78 is 11.2. The van der Waals surface area contributed by atoms with Crippen LogP contribution in [0.25, 0.3) is 0 Å². The van der Waals surface area contributed by atoms with Gasteiger partial charge in [-0.05, 0) is 54.9 Å². The number of rotatable bonds is 11. The average Bonchev–Trinajstić information content (AvgIpc) is 2.81. The quantitative estimate of drug-likeness (QED) is 0.269. The second-order valence-corrected chi connectivity index (χ2v) is 7.56. The van der Waals surface area contributed by atoms with Gasteiger partial charge in [-0.1, -0.05) is 57.4 Å². The molecule has 3 N–H and O–H groups in total. The van der Waals surface area contributed by atoms with Gasteiger partial charge in [-0.15, -0.1) is 0 Å². The normalized spacial score (nSPS) is 10.2. The molecule has 2 amide bonds. The molecule has 0 unspecified atom stereocenters. The van der Waals surface area contributed by atoms with E-state index in [-0.39, 0.29) is 11.7 Å². The van der Waals surface area contributed by atoms with Gasteiger partial charge in [0.05, 0.1) is 12.2 Å². The lowest BCUT2D eigenvalue weighted by Gasteiger charge is -2.14. The van der Waals surface area contributed by atoms with E-state index in [0.717, 1.165) is 32.1 Å². The van der Waals surface area contributed by atoms with Crippen molar-refractivity contribution in [1.82, 2.24) is 16.2 Å². The largest absolute Gasteiger partial charge is 0.493 e. The van der Waals surface area contributed by atoms with Crippen LogP contribution < -0.4 is 25.6 Å². The summed E-state index contributed by atoms with van der Waals surface area (Å²) in [5.74, 6) is 0.237. The average molecular weight is 458 g/mol. The number of ether oxygens (including phenoxy) is 2. The van der Waals surface area contributed by atoms with E-state index in [2.05, 4.69) is 30.0 Å². The van der Waals surface area contributed by atoms with E-state index in [1.165, 1.54) is 5.56 Å². The Kier molecular flexibility index (Phi) is 11.0. The van der Waals surface area contributed by atoms with Crippen molar-refractivity contribution < 1.29 is 19.1 Å². The van der Waals surface area contributed by atoms with Crippen LogP contribution in [0.15, 0.2) is 48.5 Å². The highest BCUT2D eigenvalue weighted by Crippen LogP contribution is 2.18. The number of thiocarbonyl (C=S) groups is 1. The number of carbonyl (C=O) groups is 2. The van der Waals surface area contributed by atoms with Crippen LogP contribution in [0.5, 0.6) is 11.5 Å². The van der Waals surface area contributed by atoms with Gasteiger partial charge in [-0.25, -0.2) is 0 Å². The Morgan fingerprint density at radius 2 is 1.66 bits per heavy atom. The first-order valence-corrected chi connectivity index (χ1v) is 11.3. The molecule has 0 saturated heterocycles. The number of unbranched alkanes of at least 4 members (excludes halogenated alkanes) is 3. The Bertz CT molecular complexity index is 887. The van der Waals surface area contributed by atoms with E-state index in [1.807, 2.05) is 30.3 Å². The molecule has 0 heterocycles. The number of benzene rings is 2. The summed E-state index contributed by atoms with van der Waals surface area (Å²) in [4.78, 5) is 24.5. The molecule has 2 rings (SSSR count). The zero-order valence-corrected chi connectivity index (χ0v) is 19.4. The Hall–Kier alpha value is -3.13. The van der Waals surface area contributed by atoms with E-state index < -0.39 is 11.8 Å². The molecule has 172 valence electrons. The van der Waals surface area contributed by atoms with E-state index in [0.29, 0.717) is 23.7 Å². The third-order valence-electron chi connectivity index (χ3n) is 4.63. The number of amides is 2. The maximum atomic E-state index is 12.6. The molecule has 0 aliphatic heterocycles. The summed E-state index contributed by atoms with van der Waals surface area (Å²) in [5.41, 5.74) is 6.46. The van der Waals surface area contributed by atoms with Gasteiger partial charge < -0.3 is 9.47 Å². The van der Waals surface area contributed by atoms with Gasteiger partial charge in [-0.3, -0.25) is 25.8 Å². The minimum absolute atomic E-state index is 0.0339. The van der Waals surface area contributed by atoms with Gasteiger partial charge in [0.25, 0.3) is 11.8 Å². The van der Waals surface area contributed by atoms with Gasteiger partial charge in [-0.2, -0.15) is 0 Å². The predicted octanol–water partition coefficient (Wildman–Crippen LogP) is 3.92. The molecule has 0 aliphatic rings. The topological polar surface area (TPSA) is 88.7 Å². The molecule has 0 spiro atoms. The molecule has 2 aromatic carbocycles. The summed E-state index contributed by atoms with van der Waals surface area (Å²) in [5, 5.41) is 2.50. The molecule has 0 bridgehead atoms. The van der Waals surface area contributed by atoms with Gasteiger partial charge in [0, 0.05) is 0 Å². The summed E-state index contributed by atoms with van der Waals surface area (Å²) in [6.45, 7) is 4.57. The minimum atomic E-state index is -0.433. The van der Waals surface area contributed by atoms with E-state index >= 15 is 0 Å². The summed E-state index contributed by atoms with van der Waals surface area (Å²) in [7, 11) is 0. The molecule has 32 heavy (non-hydrogen) atoms. The van der Waals surface area contributed by atoms with Crippen molar-refractivity contribution in [2.24, 2.45) is 0 Å². The number of hydrogen-bond acceptors (Lipinski definition) is 5. The molecular weight excluding hydrogens is 426 g/mol. The fourth-order valence-corrected chi connectivity index (χ4v) is 2.97. The second kappa shape index (κ2) is 14.0. The van der Waals surface area contributed by atoms with E-state index in [1.54, 1.807) is 18.2 Å². The molecular formula is C24H31N3O4S. The molecule has 7 nitrogen and oxygen atoms in total. The van der Waals surface area contributed by atoms with Crippen molar-refractivity contribution in [3.8, 4) is 11.5 Å². The van der Waals surface area contributed by atoms with E-state index in [9.17, 15) is 9.59 Å². The van der Waals surface area contributed by atoms with Gasteiger partial charge in [0.1, 0.15) is 11.5 Å². The smallest absolute Gasteiger partial charge is 0.276 e. The monoisotopic (exact) mass is 457 g/mol. The Labute approximate surface area is 194 Å². The standard InChI is InChI=1S/C24H31N3O4S/c1-3-5-6-9-16-30-21-11-8-7-10-20(21)23(29)25-24(32)27-26-22(28)17-31-19-14-12-18(4-2)13-15-19/h7-8,10-15H,3-6,9,16-17H2,1-2H3,(H,26,28)(H2,25,27,29,32). The van der Waals surface area contributed by atoms with E-state index in [4.69, 9.17) is 21.7 Å². The van der Waals surface area contributed by atoms with Crippen molar-refractivity contribution in [3.63, 3.8) is 0 Å². The molecule has 0 aliphatic carbocycles. The molecule has 0 atom stereocenters. The Balaban J connectivity index is 1.75. The fourth-order valence-electron chi connectivity index (χ4n) is 2.83. The SMILES string of the molecule is CCCCCCOc1ccccc1C(=O)NC(=S)NNC(=O)COc1ccc(CC)cc1. The fraction of sp³-hybridized carbons (Fsp3) is 0.375. The van der Waals surface area contributed by atoms with Gasteiger partial charge in [0.15, 0.2) is 11.7 Å². The molecule has 0 radical (unpaired) electrons. The Morgan fingerprint density at radius 3 is 2.38 bits per heavy atom. The van der Waals surface area contributed by atoms with Crippen molar-refractivity contribution in [2.75, 3.05) is 13.2 Å². The van der Waals surface area contributed by atoms with Crippen LogP contribution in [-0.4, -0.2) is 30.1 Å². The molecule has 0 saturated carbocycles. The molecule has 0 fully saturated rings. The summed E-state index contributed by atoms with van der Waals surface area (Å²) in [6, 6.07) is 14.5. The highest BCUT2D eigenvalue weighted by atomic mass is 32.1. The lowest BCUT2D eigenvalue weighted by Crippen LogP contribution is -2.49. The number of para-hydroxylation sites is 1. The number of nitrogens with one attached hydrogen (secondary N) is 3. The second-order valence-electron chi connectivity index (χ2n) is 7.15. The third-order valence-corrected chi connectivity index (χ3v) is 4.84. The van der Waals surface area contributed by atoms with Crippen LogP contribution in [0.3, 0.4) is 0 Å². The predicted molar refractivity (Wildman–Crippen MR) is 129 cm³/mol. The van der Waals surface area contributed by atoms with Crippen molar-refractivity contribution in [2.45, 2.75) is 46.0 Å². The first-order valence-electron chi connectivity index (χ1n) is 10.9. The van der Waals surface area contributed by atoms with Crippen molar-refractivity contribution in [3.05, 3.63) is 59.7 Å². The molecule has 8 heteroatoms. The number of carbonyl (C=O) groups excluding carboxylic acids is 2. The van der Waals surface area contributed by atoms with Gasteiger partial charge >= 0.3 is 0 Å². The van der Waals surface area contributed by atoms with Crippen molar-refractivity contribution in [1.29, 1.82) is 0 Å². The van der Waals surface area contributed by atoms with Crippen LogP contribution in [-0.2, 0) is 11.2 Å². The van der Waals surface area contributed by atoms with Crippen LogP contribution in [0.2, 0.25) is 0 Å². The lowest BCUT2D eigenvalue weighted by atomic mass is 10.2. The summed E-state index contributed by atoms with van der Waals surface area (Å²) in [6.07, 6.45) is 5.27. The number of aryl methyl sites for hydroxylation is 1. The first kappa shape index (κ1) is 25.1. The van der Waals surface area contributed by atoms with Crippen LogP contribution in [0.1, 0.15) is 55.5 Å². The number of hydrogen-bond donors (Lipinski definition) is 3. The Morgan fingerprint density at radius 1 is 0.906 bits per heavy atom. The molecule has 0 aromatic heterocycles. The highest BCUT2D eigenvalue weighted by Gasteiger charge is 2.14. The van der Waals surface area contributed by atoms with Crippen LogP contribution >= 0.6 is 12.2 Å². The first-order chi connectivity index (χ1) is 15.5. The highest BCUT2D eigenvalue weighted by molar-refractivity contribution is 7.80. The third kappa shape index (κ3) is 8.93. The van der Waals surface area contributed by atoms with Crippen LogP contribution in [0.4, 0.5) is 0 Å². The zero-order chi connectivity index (χ0) is 23.2. The van der Waals surface area contributed by atoms with Crippen LogP contribution in [0, 0.1) is 0 Å². The zero-order valence-electron chi connectivity index (χ0n) is 18.6. The van der Waals surface area contributed by atoms with Crippen molar-refractivity contribution >= 4 is 29.1 Å². The van der Waals surface area contributed by atoms with Gasteiger partial charge in [0.2, 0.25) is 0 Å². The summed E-state index contributed by atoms with van der Waals surface area (Å²) >= 11 is 5.09. The molecule has 2 aromatic rings. The number of hydrazine groups is 1.